The highest BCUT2D eigenvalue weighted by molar-refractivity contribution is 5.84. The molecule has 1 aliphatic heterocycles. The molecule has 1 N–H and O–H groups in total. The summed E-state index contributed by atoms with van der Waals surface area (Å²) in [5, 5.41) is 8.21. The third-order valence-electron chi connectivity index (χ3n) is 7.05. The maximum absolute atomic E-state index is 13.8. The van der Waals surface area contributed by atoms with Crippen LogP contribution in [0.25, 0.3) is 11.2 Å². The van der Waals surface area contributed by atoms with Crippen molar-refractivity contribution in [1.82, 2.24) is 29.9 Å². The molecule has 1 saturated heterocycles. The van der Waals surface area contributed by atoms with Crippen LogP contribution < -0.4 is 5.56 Å². The molecule has 8 heteroatoms. The number of aromatic amines is 1. The smallest absolute Gasteiger partial charge is 0.281 e. The quantitative estimate of drug-likeness (QED) is 0.666. The first-order valence-electron chi connectivity index (χ1n) is 11.7. The molecule has 168 valence electrons. The number of piperidine rings is 1. The molecule has 3 aromatic rings. The Morgan fingerprint density at radius 2 is 1.94 bits per heavy atom. The van der Waals surface area contributed by atoms with E-state index in [0.29, 0.717) is 30.5 Å². The van der Waals surface area contributed by atoms with Gasteiger partial charge in [0.25, 0.3) is 5.56 Å². The van der Waals surface area contributed by atoms with Crippen molar-refractivity contribution >= 4 is 17.1 Å². The summed E-state index contributed by atoms with van der Waals surface area (Å²) in [5.41, 5.74) is 1.67. The van der Waals surface area contributed by atoms with Crippen LogP contribution in [0.5, 0.6) is 0 Å². The number of nitrogens with one attached hydrogen (secondary N) is 1. The van der Waals surface area contributed by atoms with E-state index in [-0.39, 0.29) is 28.8 Å². The number of carbonyl (C=O) groups excluding carboxylic acids is 1. The molecular weight excluding hydrogens is 404 g/mol. The molecule has 0 bridgehead atoms. The Balaban J connectivity index is 1.35. The molecule has 0 spiro atoms. The molecule has 8 nitrogen and oxygen atoms in total. The van der Waals surface area contributed by atoms with Crippen molar-refractivity contribution in [2.24, 2.45) is 11.8 Å². The minimum Gasteiger partial charge on any atom is -0.342 e. The fraction of sp³-hybridized carbons (Fsp3) is 0.542. The summed E-state index contributed by atoms with van der Waals surface area (Å²) in [6.07, 6.45) is 6.69. The lowest BCUT2D eigenvalue weighted by Gasteiger charge is -2.36. The summed E-state index contributed by atoms with van der Waals surface area (Å²) in [4.78, 5) is 35.1. The predicted octanol–water partition coefficient (Wildman–Crippen LogP) is 3.04. The molecule has 1 unspecified atom stereocenters. The van der Waals surface area contributed by atoms with E-state index in [0.717, 1.165) is 37.8 Å². The maximum atomic E-state index is 13.8. The van der Waals surface area contributed by atoms with E-state index < -0.39 is 0 Å². The summed E-state index contributed by atoms with van der Waals surface area (Å²) in [6.45, 7) is 3.88. The van der Waals surface area contributed by atoms with Crippen molar-refractivity contribution < 1.29 is 4.79 Å². The molecule has 1 aromatic carbocycles. The number of aryl methyl sites for hydroxylation is 1. The van der Waals surface area contributed by atoms with Crippen LogP contribution >= 0.6 is 0 Å². The Kier molecular flexibility index (Phi) is 5.76. The fourth-order valence-corrected chi connectivity index (χ4v) is 5.52. The zero-order chi connectivity index (χ0) is 22.1. The SMILES string of the molecule is Cc1nc2c(nnn2C[C@H]2CCCN(C(=O)C(c3ccccc3)C3CCCC3)C2)c(=O)[nH]1. The van der Waals surface area contributed by atoms with E-state index in [2.05, 4.69) is 37.3 Å². The maximum Gasteiger partial charge on any atom is 0.281 e. The average molecular weight is 435 g/mol. The third-order valence-corrected chi connectivity index (χ3v) is 7.05. The second-order valence-corrected chi connectivity index (χ2v) is 9.32. The molecule has 2 aromatic heterocycles. The minimum absolute atomic E-state index is 0.0486. The predicted molar refractivity (Wildman–Crippen MR) is 121 cm³/mol. The molecule has 2 fully saturated rings. The molecule has 2 atom stereocenters. The lowest BCUT2D eigenvalue weighted by Crippen LogP contribution is -2.44. The number of H-pyrrole nitrogens is 1. The molecule has 3 heterocycles. The summed E-state index contributed by atoms with van der Waals surface area (Å²) < 4.78 is 1.72. The molecule has 5 rings (SSSR count). The van der Waals surface area contributed by atoms with Crippen molar-refractivity contribution in [1.29, 1.82) is 0 Å². The summed E-state index contributed by atoms with van der Waals surface area (Å²) in [7, 11) is 0. The van der Waals surface area contributed by atoms with Crippen molar-refractivity contribution in [3.05, 3.63) is 52.1 Å². The van der Waals surface area contributed by atoms with Gasteiger partial charge < -0.3 is 9.88 Å². The van der Waals surface area contributed by atoms with Gasteiger partial charge in [0.15, 0.2) is 11.2 Å². The number of amides is 1. The second kappa shape index (κ2) is 8.84. The molecule has 0 radical (unpaired) electrons. The monoisotopic (exact) mass is 434 g/mol. The number of benzene rings is 1. The first-order valence-corrected chi connectivity index (χ1v) is 11.7. The van der Waals surface area contributed by atoms with E-state index >= 15 is 0 Å². The number of hydrogen-bond acceptors (Lipinski definition) is 5. The number of hydrogen-bond donors (Lipinski definition) is 1. The molecule has 2 aliphatic rings. The van der Waals surface area contributed by atoms with Crippen LogP contribution in [0.4, 0.5) is 0 Å². The van der Waals surface area contributed by atoms with Gasteiger partial charge in [-0.1, -0.05) is 48.4 Å². The van der Waals surface area contributed by atoms with Gasteiger partial charge in [-0.15, -0.1) is 5.10 Å². The van der Waals surface area contributed by atoms with Gasteiger partial charge in [-0.05, 0) is 50.0 Å². The second-order valence-electron chi connectivity index (χ2n) is 9.32. The van der Waals surface area contributed by atoms with Gasteiger partial charge >= 0.3 is 0 Å². The topological polar surface area (TPSA) is 96.8 Å². The van der Waals surface area contributed by atoms with Gasteiger partial charge in [-0.3, -0.25) is 9.59 Å². The van der Waals surface area contributed by atoms with Crippen LogP contribution in [0.3, 0.4) is 0 Å². The Labute approximate surface area is 187 Å². The van der Waals surface area contributed by atoms with Crippen molar-refractivity contribution in [3.8, 4) is 0 Å². The molecule has 1 saturated carbocycles. The van der Waals surface area contributed by atoms with Crippen LogP contribution in [0.15, 0.2) is 35.1 Å². The van der Waals surface area contributed by atoms with Crippen LogP contribution in [0, 0.1) is 18.8 Å². The van der Waals surface area contributed by atoms with Gasteiger partial charge in [-0.2, -0.15) is 0 Å². The van der Waals surface area contributed by atoms with Gasteiger partial charge in [0, 0.05) is 19.6 Å². The largest absolute Gasteiger partial charge is 0.342 e. The number of rotatable bonds is 5. The molecule has 1 amide bonds. The van der Waals surface area contributed by atoms with E-state index in [1.165, 1.54) is 12.8 Å². The Morgan fingerprint density at radius 1 is 1.16 bits per heavy atom. The van der Waals surface area contributed by atoms with Gasteiger partial charge in [0.1, 0.15) is 5.82 Å². The van der Waals surface area contributed by atoms with Crippen molar-refractivity contribution in [2.45, 2.75) is 57.9 Å². The van der Waals surface area contributed by atoms with Crippen molar-refractivity contribution in [2.75, 3.05) is 13.1 Å². The Hall–Kier alpha value is -3.03. The Morgan fingerprint density at radius 3 is 2.72 bits per heavy atom. The first kappa shape index (κ1) is 20.8. The number of nitrogens with zero attached hydrogens (tertiary/aromatic N) is 5. The van der Waals surface area contributed by atoms with E-state index in [1.54, 1.807) is 11.6 Å². The molecule has 1 aliphatic carbocycles. The minimum atomic E-state index is -0.263. The van der Waals surface area contributed by atoms with Crippen molar-refractivity contribution in [3.63, 3.8) is 0 Å². The molecule has 32 heavy (non-hydrogen) atoms. The normalized spacial score (nSPS) is 20.7. The van der Waals surface area contributed by atoms with Crippen LogP contribution in [0.1, 0.15) is 55.8 Å². The van der Waals surface area contributed by atoms with E-state index in [4.69, 9.17) is 0 Å². The highest BCUT2D eigenvalue weighted by Crippen LogP contribution is 2.39. The zero-order valence-electron chi connectivity index (χ0n) is 18.5. The standard InChI is InChI=1S/C24H30N6O2/c1-16-25-22-21(23(31)26-16)27-28-30(22)15-17-8-7-13-29(14-17)24(32)20(19-11-5-6-12-19)18-9-3-2-4-10-18/h2-4,9-10,17,19-20H,5-8,11-15H2,1H3,(H,25,26,31)/t17-,20?/m0/s1. The first-order chi connectivity index (χ1) is 15.6. The van der Waals surface area contributed by atoms with Gasteiger partial charge in [0.05, 0.1) is 5.92 Å². The van der Waals surface area contributed by atoms with Gasteiger partial charge in [0.2, 0.25) is 5.91 Å². The number of likely N-dealkylation sites (tertiary alicyclic amines) is 1. The third kappa shape index (κ3) is 4.06. The Bertz CT molecular complexity index is 1150. The highest BCUT2D eigenvalue weighted by Gasteiger charge is 2.36. The van der Waals surface area contributed by atoms with Gasteiger partial charge in [-0.25, -0.2) is 9.67 Å². The van der Waals surface area contributed by atoms with Crippen LogP contribution in [0.2, 0.25) is 0 Å². The lowest BCUT2D eigenvalue weighted by molar-refractivity contribution is -0.136. The number of fused-ring (bicyclic) bond motifs is 1. The number of aromatic nitrogens is 5. The number of carbonyl (C=O) groups is 1. The highest BCUT2D eigenvalue weighted by atomic mass is 16.2. The zero-order valence-corrected chi connectivity index (χ0v) is 18.5. The van der Waals surface area contributed by atoms with Crippen LogP contribution in [-0.4, -0.2) is 48.9 Å². The molecular formula is C24H30N6O2. The fourth-order valence-electron chi connectivity index (χ4n) is 5.52. The van der Waals surface area contributed by atoms with E-state index in [1.807, 2.05) is 18.2 Å². The summed E-state index contributed by atoms with van der Waals surface area (Å²) >= 11 is 0. The summed E-state index contributed by atoms with van der Waals surface area (Å²) in [6, 6.07) is 10.3. The average Bonchev–Trinajstić information content (AvgIpc) is 3.46. The lowest BCUT2D eigenvalue weighted by atomic mass is 9.83. The van der Waals surface area contributed by atoms with Crippen LogP contribution in [-0.2, 0) is 11.3 Å². The van der Waals surface area contributed by atoms with E-state index in [9.17, 15) is 9.59 Å². The summed E-state index contributed by atoms with van der Waals surface area (Å²) in [5.74, 6) is 1.46.